The maximum Gasteiger partial charge on any atom is 0.115 e. The van der Waals surface area contributed by atoms with E-state index in [9.17, 15) is 5.11 Å². The second-order valence-corrected chi connectivity index (χ2v) is 7.28. The third kappa shape index (κ3) is 2.38. The van der Waals surface area contributed by atoms with Gasteiger partial charge in [0.25, 0.3) is 0 Å². The van der Waals surface area contributed by atoms with Crippen LogP contribution in [-0.2, 0) is 6.42 Å². The highest BCUT2D eigenvalue weighted by Crippen LogP contribution is 2.42. The van der Waals surface area contributed by atoms with Gasteiger partial charge in [0.1, 0.15) is 5.75 Å². The van der Waals surface area contributed by atoms with Crippen molar-refractivity contribution in [3.63, 3.8) is 0 Å². The first-order chi connectivity index (χ1) is 8.95. The van der Waals surface area contributed by atoms with E-state index in [-0.39, 0.29) is 0 Å². The monoisotopic (exact) mass is 259 g/mol. The van der Waals surface area contributed by atoms with E-state index in [2.05, 4.69) is 31.7 Å². The van der Waals surface area contributed by atoms with Crippen molar-refractivity contribution in [1.29, 1.82) is 0 Å². The Hall–Kier alpha value is -1.02. The standard InChI is InChI=1S/C17H25NO/c1-17(2,3)13-8-9-18(11-13)16-7-4-12-10-14(19)5-6-15(12)16/h5-6,10,13,16,19H,4,7-9,11H2,1-3H3. The molecule has 2 nitrogen and oxygen atoms in total. The number of likely N-dealkylation sites (tertiary alicyclic amines) is 1. The number of hydrogen-bond donors (Lipinski definition) is 1. The van der Waals surface area contributed by atoms with E-state index in [1.54, 1.807) is 0 Å². The van der Waals surface area contributed by atoms with Gasteiger partial charge in [-0.2, -0.15) is 0 Å². The van der Waals surface area contributed by atoms with E-state index < -0.39 is 0 Å². The van der Waals surface area contributed by atoms with Crippen molar-refractivity contribution >= 4 is 0 Å². The molecule has 1 aromatic rings. The zero-order chi connectivity index (χ0) is 13.6. The third-order valence-corrected chi connectivity index (χ3v) is 5.06. The van der Waals surface area contributed by atoms with Gasteiger partial charge in [0.05, 0.1) is 0 Å². The number of nitrogens with zero attached hydrogens (tertiary/aromatic N) is 1. The Kier molecular flexibility index (Phi) is 3.09. The Labute approximate surface area is 116 Å². The van der Waals surface area contributed by atoms with Crippen LogP contribution in [0.5, 0.6) is 5.75 Å². The topological polar surface area (TPSA) is 23.5 Å². The molecule has 0 aromatic heterocycles. The minimum Gasteiger partial charge on any atom is -0.508 e. The van der Waals surface area contributed by atoms with Crippen molar-refractivity contribution in [2.24, 2.45) is 11.3 Å². The summed E-state index contributed by atoms with van der Waals surface area (Å²) >= 11 is 0. The molecule has 0 radical (unpaired) electrons. The summed E-state index contributed by atoms with van der Waals surface area (Å²) in [6.07, 6.45) is 3.66. The maximum atomic E-state index is 9.58. The molecule has 19 heavy (non-hydrogen) atoms. The molecular formula is C17H25NO. The van der Waals surface area contributed by atoms with Crippen LogP contribution in [0.25, 0.3) is 0 Å². The Morgan fingerprint density at radius 3 is 2.68 bits per heavy atom. The predicted octanol–water partition coefficient (Wildman–Crippen LogP) is 3.75. The number of rotatable bonds is 1. The smallest absolute Gasteiger partial charge is 0.115 e. The summed E-state index contributed by atoms with van der Waals surface area (Å²) in [4.78, 5) is 2.67. The fourth-order valence-corrected chi connectivity index (χ4v) is 3.74. The molecule has 2 unspecified atom stereocenters. The fraction of sp³-hybridized carbons (Fsp3) is 0.647. The van der Waals surface area contributed by atoms with E-state index in [4.69, 9.17) is 0 Å². The third-order valence-electron chi connectivity index (χ3n) is 5.06. The van der Waals surface area contributed by atoms with Crippen molar-refractivity contribution < 1.29 is 5.11 Å². The molecule has 0 spiro atoms. The Morgan fingerprint density at radius 1 is 1.21 bits per heavy atom. The normalized spacial score (nSPS) is 27.7. The molecule has 0 saturated carbocycles. The van der Waals surface area contributed by atoms with Crippen LogP contribution in [0.3, 0.4) is 0 Å². The van der Waals surface area contributed by atoms with E-state index in [1.807, 2.05) is 12.1 Å². The van der Waals surface area contributed by atoms with Gasteiger partial charge >= 0.3 is 0 Å². The number of hydrogen-bond acceptors (Lipinski definition) is 2. The van der Waals surface area contributed by atoms with Gasteiger partial charge in [-0.25, -0.2) is 0 Å². The zero-order valence-corrected chi connectivity index (χ0v) is 12.3. The lowest BCUT2D eigenvalue weighted by Crippen LogP contribution is -2.28. The van der Waals surface area contributed by atoms with Gasteiger partial charge in [-0.15, -0.1) is 0 Å². The number of phenolic OH excluding ortho intramolecular Hbond substituents is 1. The average molecular weight is 259 g/mol. The summed E-state index contributed by atoms with van der Waals surface area (Å²) in [5.41, 5.74) is 3.22. The highest BCUT2D eigenvalue weighted by molar-refractivity contribution is 5.40. The molecule has 3 rings (SSSR count). The molecule has 1 aromatic carbocycles. The molecule has 1 fully saturated rings. The molecule has 0 amide bonds. The molecule has 1 heterocycles. The van der Waals surface area contributed by atoms with Crippen molar-refractivity contribution in [2.75, 3.05) is 13.1 Å². The summed E-state index contributed by atoms with van der Waals surface area (Å²) in [6, 6.07) is 6.51. The Bertz CT molecular complexity index is 475. The van der Waals surface area contributed by atoms with Crippen LogP contribution in [0.4, 0.5) is 0 Å². The molecule has 2 aliphatic rings. The Morgan fingerprint density at radius 2 is 2.00 bits per heavy atom. The van der Waals surface area contributed by atoms with Gasteiger partial charge in [-0.05, 0) is 60.4 Å². The largest absolute Gasteiger partial charge is 0.508 e. The summed E-state index contributed by atoms with van der Waals surface area (Å²) in [5.74, 6) is 1.22. The van der Waals surface area contributed by atoms with Gasteiger partial charge < -0.3 is 5.11 Å². The number of fused-ring (bicyclic) bond motifs is 1. The molecule has 1 N–H and O–H groups in total. The molecule has 1 aliphatic carbocycles. The van der Waals surface area contributed by atoms with Crippen LogP contribution in [0, 0.1) is 11.3 Å². The lowest BCUT2D eigenvalue weighted by Gasteiger charge is -2.29. The van der Waals surface area contributed by atoms with Crippen molar-refractivity contribution in [2.45, 2.75) is 46.1 Å². The molecule has 2 atom stereocenters. The maximum absolute atomic E-state index is 9.58. The second kappa shape index (κ2) is 4.52. The second-order valence-electron chi connectivity index (χ2n) is 7.28. The molecule has 1 saturated heterocycles. The highest BCUT2D eigenvalue weighted by atomic mass is 16.3. The number of phenols is 1. The minimum absolute atomic E-state index is 0.411. The van der Waals surface area contributed by atoms with Crippen LogP contribution in [0.2, 0.25) is 0 Å². The fourth-order valence-electron chi connectivity index (χ4n) is 3.74. The summed E-state index contributed by atoms with van der Waals surface area (Å²) in [7, 11) is 0. The molecular weight excluding hydrogens is 234 g/mol. The van der Waals surface area contributed by atoms with Crippen LogP contribution >= 0.6 is 0 Å². The van der Waals surface area contributed by atoms with Crippen molar-refractivity contribution in [3.05, 3.63) is 29.3 Å². The quantitative estimate of drug-likeness (QED) is 0.830. The summed E-state index contributed by atoms with van der Waals surface area (Å²) < 4.78 is 0. The first-order valence-corrected chi connectivity index (χ1v) is 7.51. The lowest BCUT2D eigenvalue weighted by molar-refractivity contribution is 0.194. The number of aryl methyl sites for hydroxylation is 1. The van der Waals surface area contributed by atoms with Gasteiger partial charge in [-0.1, -0.05) is 26.8 Å². The summed E-state index contributed by atoms with van der Waals surface area (Å²) in [5, 5.41) is 9.58. The average Bonchev–Trinajstić information content (AvgIpc) is 2.91. The summed E-state index contributed by atoms with van der Waals surface area (Å²) in [6.45, 7) is 9.55. The van der Waals surface area contributed by atoms with Crippen LogP contribution in [-0.4, -0.2) is 23.1 Å². The highest BCUT2D eigenvalue weighted by Gasteiger charge is 2.37. The molecule has 1 aliphatic heterocycles. The number of benzene rings is 1. The van der Waals surface area contributed by atoms with Crippen molar-refractivity contribution in [3.8, 4) is 5.75 Å². The minimum atomic E-state index is 0.411. The van der Waals surface area contributed by atoms with Crippen LogP contribution < -0.4 is 0 Å². The van der Waals surface area contributed by atoms with Crippen molar-refractivity contribution in [1.82, 2.24) is 4.90 Å². The van der Waals surface area contributed by atoms with E-state index in [0.717, 1.165) is 12.3 Å². The van der Waals surface area contributed by atoms with Crippen LogP contribution in [0.1, 0.15) is 50.8 Å². The molecule has 104 valence electrons. The van der Waals surface area contributed by atoms with E-state index in [1.165, 1.54) is 37.1 Å². The van der Waals surface area contributed by atoms with Crippen LogP contribution in [0.15, 0.2) is 18.2 Å². The molecule has 0 bridgehead atoms. The first kappa shape index (κ1) is 13.0. The number of aromatic hydroxyl groups is 1. The van der Waals surface area contributed by atoms with Gasteiger partial charge in [-0.3, -0.25) is 4.90 Å². The Balaban J connectivity index is 1.77. The van der Waals surface area contributed by atoms with Gasteiger partial charge in [0, 0.05) is 12.6 Å². The van der Waals surface area contributed by atoms with E-state index in [0.29, 0.717) is 17.2 Å². The van der Waals surface area contributed by atoms with Gasteiger partial charge in [0.2, 0.25) is 0 Å². The van der Waals surface area contributed by atoms with E-state index >= 15 is 0 Å². The zero-order valence-electron chi connectivity index (χ0n) is 12.3. The first-order valence-electron chi connectivity index (χ1n) is 7.51. The predicted molar refractivity (Wildman–Crippen MR) is 78.3 cm³/mol. The van der Waals surface area contributed by atoms with Gasteiger partial charge in [0.15, 0.2) is 0 Å². The molecule has 2 heteroatoms. The SMILES string of the molecule is CC(C)(C)C1CCN(C2CCc3cc(O)ccc32)C1. The lowest BCUT2D eigenvalue weighted by atomic mass is 9.80.